The van der Waals surface area contributed by atoms with Crippen molar-refractivity contribution < 1.29 is 0 Å². The van der Waals surface area contributed by atoms with E-state index in [-0.39, 0.29) is 23.0 Å². The van der Waals surface area contributed by atoms with Crippen molar-refractivity contribution in [3.05, 3.63) is 136 Å². The van der Waals surface area contributed by atoms with Crippen molar-refractivity contribution in [3.8, 4) is 11.1 Å². The molecule has 0 saturated carbocycles. The molecule has 55 heavy (non-hydrogen) atoms. The SMILES string of the molecule is Cc1cc2c3c(c1)N(c1ccc(C(C)(C)C)cc1)c1c(sc4c1C(C)(C)CCC4(C)C)B3c1cc(C(C)C)ccc1N2c1cc(-c2ccccc2)ccc1C. The molecule has 0 atom stereocenters. The molecular weight excluding hydrogens is 683 g/mol. The first-order valence-electron chi connectivity index (χ1n) is 20.4. The summed E-state index contributed by atoms with van der Waals surface area (Å²) < 4.78 is 1.50. The van der Waals surface area contributed by atoms with Gasteiger partial charge in [-0.1, -0.05) is 129 Å². The van der Waals surface area contributed by atoms with Crippen LogP contribution in [0.2, 0.25) is 0 Å². The molecule has 0 N–H and O–H groups in total. The predicted molar refractivity (Wildman–Crippen MR) is 241 cm³/mol. The van der Waals surface area contributed by atoms with Gasteiger partial charge in [0.25, 0.3) is 6.71 Å². The second kappa shape index (κ2) is 12.5. The third kappa shape index (κ3) is 5.65. The van der Waals surface area contributed by atoms with E-state index < -0.39 is 0 Å². The van der Waals surface area contributed by atoms with Crippen LogP contribution in [-0.2, 0) is 16.2 Å². The molecule has 5 aromatic carbocycles. The minimum Gasteiger partial charge on any atom is -0.311 e. The second-order valence-electron chi connectivity index (χ2n) is 19.2. The van der Waals surface area contributed by atoms with E-state index >= 15 is 0 Å². The lowest BCUT2D eigenvalue weighted by atomic mass is 9.35. The van der Waals surface area contributed by atoms with Gasteiger partial charge in [-0.2, -0.15) is 11.3 Å². The van der Waals surface area contributed by atoms with Crippen LogP contribution >= 0.6 is 11.3 Å². The van der Waals surface area contributed by atoms with Crippen LogP contribution in [0.3, 0.4) is 0 Å². The highest BCUT2D eigenvalue weighted by atomic mass is 32.1. The maximum atomic E-state index is 2.69. The van der Waals surface area contributed by atoms with E-state index in [2.05, 4.69) is 200 Å². The van der Waals surface area contributed by atoms with E-state index in [4.69, 9.17) is 0 Å². The van der Waals surface area contributed by atoms with Gasteiger partial charge < -0.3 is 9.80 Å². The van der Waals surface area contributed by atoms with Crippen LogP contribution in [-0.4, -0.2) is 6.71 Å². The van der Waals surface area contributed by atoms with Gasteiger partial charge in [0.2, 0.25) is 0 Å². The first kappa shape index (κ1) is 36.1. The highest BCUT2D eigenvalue weighted by molar-refractivity contribution is 7.29. The summed E-state index contributed by atoms with van der Waals surface area (Å²) in [6.45, 7) is 26.3. The number of fused-ring (bicyclic) bond motifs is 6. The molecule has 4 heteroatoms. The van der Waals surface area contributed by atoms with Crippen molar-refractivity contribution >= 4 is 67.9 Å². The van der Waals surface area contributed by atoms with E-state index in [1.165, 1.54) is 96.0 Å². The Morgan fingerprint density at radius 3 is 2.02 bits per heavy atom. The summed E-state index contributed by atoms with van der Waals surface area (Å²) in [6.07, 6.45) is 2.38. The number of aryl methyl sites for hydroxylation is 2. The van der Waals surface area contributed by atoms with Crippen molar-refractivity contribution in [1.82, 2.24) is 0 Å². The fraction of sp³-hybridized carbons (Fsp3) is 0.333. The molecule has 3 aliphatic rings. The average Bonchev–Trinajstić information content (AvgIpc) is 3.57. The molecule has 3 heterocycles. The van der Waals surface area contributed by atoms with E-state index in [0.717, 1.165) is 0 Å². The number of rotatable bonds is 4. The van der Waals surface area contributed by atoms with Crippen LogP contribution in [0.15, 0.2) is 103 Å². The Labute approximate surface area is 334 Å². The molecule has 0 radical (unpaired) electrons. The Bertz CT molecular complexity index is 2480. The first-order chi connectivity index (χ1) is 26.0. The van der Waals surface area contributed by atoms with Crippen LogP contribution in [0, 0.1) is 13.8 Å². The molecule has 278 valence electrons. The topological polar surface area (TPSA) is 6.48 Å². The van der Waals surface area contributed by atoms with Gasteiger partial charge in [0.1, 0.15) is 0 Å². The van der Waals surface area contributed by atoms with Crippen molar-refractivity contribution in [3.63, 3.8) is 0 Å². The van der Waals surface area contributed by atoms with Crippen LogP contribution in [0.4, 0.5) is 34.1 Å². The quantitative estimate of drug-likeness (QED) is 0.166. The van der Waals surface area contributed by atoms with Gasteiger partial charge in [0, 0.05) is 38.1 Å². The highest BCUT2D eigenvalue weighted by Crippen LogP contribution is 2.56. The fourth-order valence-corrected chi connectivity index (χ4v) is 11.3. The highest BCUT2D eigenvalue weighted by Gasteiger charge is 2.50. The van der Waals surface area contributed by atoms with Gasteiger partial charge in [-0.3, -0.25) is 0 Å². The van der Waals surface area contributed by atoms with Crippen molar-refractivity contribution in [2.75, 3.05) is 9.80 Å². The molecule has 1 aliphatic carbocycles. The molecule has 9 rings (SSSR count). The van der Waals surface area contributed by atoms with E-state index in [1.807, 2.05) is 0 Å². The summed E-state index contributed by atoms with van der Waals surface area (Å²) in [7, 11) is 0. The lowest BCUT2D eigenvalue weighted by Crippen LogP contribution is -2.60. The normalized spacial score (nSPS) is 16.5. The molecule has 2 aliphatic heterocycles. The average molecular weight is 739 g/mol. The van der Waals surface area contributed by atoms with Crippen LogP contribution < -0.4 is 25.5 Å². The van der Waals surface area contributed by atoms with Crippen LogP contribution in [0.25, 0.3) is 11.1 Å². The zero-order chi connectivity index (χ0) is 38.8. The van der Waals surface area contributed by atoms with Gasteiger partial charge in [-0.25, -0.2) is 0 Å². The maximum Gasteiger partial charge on any atom is 0.264 e. The first-order valence-corrected chi connectivity index (χ1v) is 21.2. The summed E-state index contributed by atoms with van der Waals surface area (Å²) in [5.74, 6) is 0.427. The van der Waals surface area contributed by atoms with E-state index in [9.17, 15) is 0 Å². The Morgan fingerprint density at radius 1 is 0.673 bits per heavy atom. The van der Waals surface area contributed by atoms with Gasteiger partial charge in [-0.05, 0) is 135 Å². The van der Waals surface area contributed by atoms with Gasteiger partial charge in [0.15, 0.2) is 0 Å². The summed E-state index contributed by atoms with van der Waals surface area (Å²) in [4.78, 5) is 6.87. The number of hydrogen-bond donors (Lipinski definition) is 0. The minimum absolute atomic E-state index is 0.0565. The molecule has 0 saturated heterocycles. The standard InChI is InChI=1S/C51H55BN2S/c1-31(2)35-19-24-40-39(29-35)52-45-42(27-32(3)28-43(45)54(40)41-30-36(18-17-33(41)4)34-15-13-12-14-16-34)53(38-22-20-37(21-23-38)49(5,6)7)46-44-47(55-48(46)52)51(10,11)26-25-50(44,8)9/h12-24,27-31H,25-26H2,1-11H3. The largest absolute Gasteiger partial charge is 0.311 e. The van der Waals surface area contributed by atoms with Gasteiger partial charge in [0.05, 0.1) is 5.69 Å². The molecule has 1 aromatic heterocycles. The fourth-order valence-electron chi connectivity index (χ4n) is 9.59. The summed E-state index contributed by atoms with van der Waals surface area (Å²) in [5, 5.41) is 0. The van der Waals surface area contributed by atoms with Gasteiger partial charge >= 0.3 is 0 Å². The third-order valence-electron chi connectivity index (χ3n) is 12.9. The second-order valence-corrected chi connectivity index (χ2v) is 20.3. The Balaban J connectivity index is 1.39. The van der Waals surface area contributed by atoms with Crippen molar-refractivity contribution in [2.24, 2.45) is 0 Å². The molecule has 0 spiro atoms. The molecule has 2 nitrogen and oxygen atoms in total. The number of hydrogen-bond acceptors (Lipinski definition) is 3. The van der Waals surface area contributed by atoms with Gasteiger partial charge in [-0.15, -0.1) is 0 Å². The van der Waals surface area contributed by atoms with Crippen molar-refractivity contribution in [2.45, 2.75) is 111 Å². The zero-order valence-corrected chi connectivity index (χ0v) is 35.5. The van der Waals surface area contributed by atoms with Crippen LogP contribution in [0.1, 0.15) is 114 Å². The molecular formula is C51H55BN2S. The molecule has 0 fully saturated rings. The lowest BCUT2D eigenvalue weighted by Gasteiger charge is -2.45. The predicted octanol–water partition coefficient (Wildman–Crippen LogP) is 12.9. The summed E-state index contributed by atoms with van der Waals surface area (Å²) in [5.41, 5.74) is 20.3. The van der Waals surface area contributed by atoms with Crippen molar-refractivity contribution in [1.29, 1.82) is 0 Å². The minimum atomic E-state index is 0.0565. The smallest absolute Gasteiger partial charge is 0.264 e. The Morgan fingerprint density at radius 2 is 1.35 bits per heavy atom. The monoisotopic (exact) mass is 738 g/mol. The number of nitrogens with zero attached hydrogens (tertiary/aromatic N) is 2. The third-order valence-corrected chi connectivity index (χ3v) is 14.5. The Hall–Kier alpha value is -4.54. The zero-order valence-electron chi connectivity index (χ0n) is 34.7. The lowest BCUT2D eigenvalue weighted by molar-refractivity contribution is 0.339. The molecule has 0 unspecified atom stereocenters. The molecule has 6 aromatic rings. The Kier molecular flexibility index (Phi) is 8.20. The van der Waals surface area contributed by atoms with E-state index in [0.29, 0.717) is 5.92 Å². The number of benzene rings is 5. The molecule has 0 bridgehead atoms. The summed E-state index contributed by atoms with van der Waals surface area (Å²) in [6, 6.07) is 39.7. The van der Waals surface area contributed by atoms with E-state index in [1.54, 1.807) is 10.4 Å². The maximum absolute atomic E-state index is 2.69. The van der Waals surface area contributed by atoms with Crippen LogP contribution in [0.5, 0.6) is 0 Å². The summed E-state index contributed by atoms with van der Waals surface area (Å²) >= 11 is 2.11. The molecule has 0 amide bonds. The number of anilines is 6. The number of thiophene rings is 1.